The molecule has 20 heavy (non-hydrogen) atoms. The number of pyridine rings is 1. The minimum atomic E-state index is -0.574. The van der Waals surface area contributed by atoms with Gasteiger partial charge in [-0.3, -0.25) is 4.79 Å². The van der Waals surface area contributed by atoms with E-state index in [2.05, 4.69) is 17.1 Å². The molecule has 0 saturated carbocycles. The SMILES string of the molecule is CN(C(=O)c1ccc(F)nc1)C1CCc2ccccc21. The van der Waals surface area contributed by atoms with Crippen molar-refractivity contribution >= 4 is 5.91 Å². The molecular weight excluding hydrogens is 255 g/mol. The highest BCUT2D eigenvalue weighted by Crippen LogP contribution is 2.35. The summed E-state index contributed by atoms with van der Waals surface area (Å²) in [7, 11) is 1.79. The molecule has 1 aliphatic rings. The van der Waals surface area contributed by atoms with Crippen LogP contribution in [0.3, 0.4) is 0 Å². The third-order valence-electron chi connectivity index (χ3n) is 3.86. The molecule has 0 fully saturated rings. The number of amides is 1. The van der Waals surface area contributed by atoms with Gasteiger partial charge in [0.2, 0.25) is 5.95 Å². The number of hydrogen-bond donors (Lipinski definition) is 0. The Morgan fingerprint density at radius 3 is 2.85 bits per heavy atom. The van der Waals surface area contributed by atoms with Gasteiger partial charge in [-0.1, -0.05) is 24.3 Å². The minimum absolute atomic E-state index is 0.0868. The lowest BCUT2D eigenvalue weighted by molar-refractivity contribution is 0.0730. The first-order valence-electron chi connectivity index (χ1n) is 6.63. The molecule has 0 radical (unpaired) electrons. The zero-order valence-corrected chi connectivity index (χ0v) is 11.2. The lowest BCUT2D eigenvalue weighted by atomic mass is 10.1. The van der Waals surface area contributed by atoms with Crippen LogP contribution in [0.4, 0.5) is 4.39 Å². The second-order valence-electron chi connectivity index (χ2n) is 5.04. The Hall–Kier alpha value is -2.23. The monoisotopic (exact) mass is 270 g/mol. The van der Waals surface area contributed by atoms with E-state index in [1.54, 1.807) is 11.9 Å². The third kappa shape index (κ3) is 2.18. The van der Waals surface area contributed by atoms with Crippen LogP contribution in [0.15, 0.2) is 42.6 Å². The molecule has 0 spiro atoms. The fourth-order valence-electron chi connectivity index (χ4n) is 2.78. The van der Waals surface area contributed by atoms with Crippen molar-refractivity contribution in [2.24, 2.45) is 0 Å². The largest absolute Gasteiger partial charge is 0.335 e. The van der Waals surface area contributed by atoms with Crippen LogP contribution < -0.4 is 0 Å². The zero-order valence-electron chi connectivity index (χ0n) is 11.2. The van der Waals surface area contributed by atoms with Gasteiger partial charge in [0.05, 0.1) is 11.6 Å². The van der Waals surface area contributed by atoms with E-state index in [9.17, 15) is 9.18 Å². The van der Waals surface area contributed by atoms with Gasteiger partial charge < -0.3 is 4.90 Å². The van der Waals surface area contributed by atoms with Crippen molar-refractivity contribution in [1.29, 1.82) is 0 Å². The van der Waals surface area contributed by atoms with Crippen molar-refractivity contribution in [2.75, 3.05) is 7.05 Å². The Balaban J connectivity index is 1.85. The topological polar surface area (TPSA) is 33.2 Å². The molecule has 102 valence electrons. The Kier molecular flexibility index (Phi) is 3.22. The lowest BCUT2D eigenvalue weighted by Gasteiger charge is -2.25. The van der Waals surface area contributed by atoms with E-state index in [0.717, 1.165) is 12.8 Å². The van der Waals surface area contributed by atoms with Crippen LogP contribution in [0.5, 0.6) is 0 Å². The molecule has 1 aliphatic carbocycles. The molecule has 3 nitrogen and oxygen atoms in total. The van der Waals surface area contributed by atoms with Gasteiger partial charge in [-0.05, 0) is 36.1 Å². The fraction of sp³-hybridized carbons (Fsp3) is 0.250. The lowest BCUT2D eigenvalue weighted by Crippen LogP contribution is -2.30. The minimum Gasteiger partial charge on any atom is -0.335 e. The molecule has 0 saturated heterocycles. The summed E-state index contributed by atoms with van der Waals surface area (Å²) in [6.07, 6.45) is 3.20. The van der Waals surface area contributed by atoms with Crippen LogP contribution in [-0.2, 0) is 6.42 Å². The Morgan fingerprint density at radius 2 is 2.10 bits per heavy atom. The Morgan fingerprint density at radius 1 is 1.30 bits per heavy atom. The molecule has 2 aromatic rings. The summed E-state index contributed by atoms with van der Waals surface area (Å²) in [5, 5.41) is 0. The predicted octanol–water partition coefficient (Wildman–Crippen LogP) is 2.98. The average molecular weight is 270 g/mol. The molecular formula is C16H15FN2O. The number of aryl methyl sites for hydroxylation is 1. The van der Waals surface area contributed by atoms with E-state index >= 15 is 0 Å². The van der Waals surface area contributed by atoms with E-state index in [1.165, 1.54) is 29.5 Å². The van der Waals surface area contributed by atoms with Crippen molar-refractivity contribution < 1.29 is 9.18 Å². The number of carbonyl (C=O) groups is 1. The molecule has 1 aromatic heterocycles. The molecule has 0 aliphatic heterocycles. The summed E-state index contributed by atoms with van der Waals surface area (Å²) in [6, 6.07) is 11.0. The predicted molar refractivity (Wildman–Crippen MR) is 73.8 cm³/mol. The number of aromatic nitrogens is 1. The van der Waals surface area contributed by atoms with E-state index in [0.29, 0.717) is 5.56 Å². The van der Waals surface area contributed by atoms with Gasteiger partial charge in [0, 0.05) is 13.2 Å². The highest BCUT2D eigenvalue weighted by molar-refractivity contribution is 5.94. The number of halogens is 1. The average Bonchev–Trinajstić information content (AvgIpc) is 2.90. The van der Waals surface area contributed by atoms with Crippen molar-refractivity contribution in [3.63, 3.8) is 0 Å². The summed E-state index contributed by atoms with van der Waals surface area (Å²) in [5.74, 6) is -0.699. The van der Waals surface area contributed by atoms with Gasteiger partial charge in [-0.2, -0.15) is 4.39 Å². The summed E-state index contributed by atoms with van der Waals surface area (Å²) in [6.45, 7) is 0. The van der Waals surface area contributed by atoms with E-state index in [4.69, 9.17) is 0 Å². The molecule has 3 rings (SSSR count). The quantitative estimate of drug-likeness (QED) is 0.786. The van der Waals surface area contributed by atoms with Crippen LogP contribution >= 0.6 is 0 Å². The summed E-state index contributed by atoms with van der Waals surface area (Å²) in [5.41, 5.74) is 2.92. The molecule has 1 amide bonds. The van der Waals surface area contributed by atoms with E-state index in [1.807, 2.05) is 12.1 Å². The first-order chi connectivity index (χ1) is 9.66. The van der Waals surface area contributed by atoms with Gasteiger partial charge in [-0.25, -0.2) is 4.98 Å². The van der Waals surface area contributed by atoms with Crippen LogP contribution in [0.1, 0.15) is 33.9 Å². The number of nitrogens with zero attached hydrogens (tertiary/aromatic N) is 2. The highest BCUT2D eigenvalue weighted by Gasteiger charge is 2.28. The maximum absolute atomic E-state index is 12.8. The summed E-state index contributed by atoms with van der Waals surface area (Å²) < 4.78 is 12.8. The maximum atomic E-state index is 12.8. The highest BCUT2D eigenvalue weighted by atomic mass is 19.1. The summed E-state index contributed by atoms with van der Waals surface area (Å²) >= 11 is 0. The van der Waals surface area contributed by atoms with Gasteiger partial charge in [0.15, 0.2) is 0 Å². The smallest absolute Gasteiger partial charge is 0.255 e. The van der Waals surface area contributed by atoms with Crippen molar-refractivity contribution in [3.8, 4) is 0 Å². The molecule has 1 aromatic carbocycles. The Bertz CT molecular complexity index is 639. The van der Waals surface area contributed by atoms with Crippen LogP contribution in [-0.4, -0.2) is 22.8 Å². The molecule has 1 heterocycles. The van der Waals surface area contributed by atoms with Crippen molar-refractivity contribution in [2.45, 2.75) is 18.9 Å². The number of benzene rings is 1. The van der Waals surface area contributed by atoms with E-state index < -0.39 is 5.95 Å². The van der Waals surface area contributed by atoms with Crippen molar-refractivity contribution in [1.82, 2.24) is 9.88 Å². The number of rotatable bonds is 2. The van der Waals surface area contributed by atoms with Crippen LogP contribution in [0.25, 0.3) is 0 Å². The molecule has 0 N–H and O–H groups in total. The van der Waals surface area contributed by atoms with Crippen LogP contribution in [0, 0.1) is 5.95 Å². The second kappa shape index (κ2) is 5.04. The van der Waals surface area contributed by atoms with Crippen molar-refractivity contribution in [3.05, 3.63) is 65.2 Å². The molecule has 4 heteroatoms. The number of hydrogen-bond acceptors (Lipinski definition) is 2. The number of carbonyl (C=O) groups excluding carboxylic acids is 1. The van der Waals surface area contributed by atoms with E-state index in [-0.39, 0.29) is 11.9 Å². The summed E-state index contributed by atoms with van der Waals surface area (Å²) in [4.78, 5) is 17.7. The van der Waals surface area contributed by atoms with Gasteiger partial charge in [0.1, 0.15) is 0 Å². The Labute approximate surface area is 117 Å². The maximum Gasteiger partial charge on any atom is 0.255 e. The molecule has 1 atom stereocenters. The zero-order chi connectivity index (χ0) is 14.1. The van der Waals surface area contributed by atoms with Gasteiger partial charge in [0.25, 0.3) is 5.91 Å². The first-order valence-corrected chi connectivity index (χ1v) is 6.63. The third-order valence-corrected chi connectivity index (χ3v) is 3.86. The molecule has 0 bridgehead atoms. The van der Waals surface area contributed by atoms with Crippen LogP contribution in [0.2, 0.25) is 0 Å². The number of fused-ring (bicyclic) bond motifs is 1. The normalized spacial score (nSPS) is 16.8. The second-order valence-corrected chi connectivity index (χ2v) is 5.04. The first kappa shape index (κ1) is 12.8. The standard InChI is InChI=1S/C16H15FN2O/c1-19(16(20)12-7-9-15(17)18-10-12)14-8-6-11-4-2-3-5-13(11)14/h2-5,7,9-10,14H,6,8H2,1H3. The van der Waals surface area contributed by atoms with Gasteiger partial charge in [-0.15, -0.1) is 0 Å². The molecule has 1 unspecified atom stereocenters. The fourth-order valence-corrected chi connectivity index (χ4v) is 2.78. The van der Waals surface area contributed by atoms with Gasteiger partial charge >= 0.3 is 0 Å².